The largest absolute Gasteiger partial charge is 0.507 e. The molecule has 0 amide bonds. The summed E-state index contributed by atoms with van der Waals surface area (Å²) in [5.74, 6) is 1.38. The van der Waals surface area contributed by atoms with Crippen molar-refractivity contribution in [1.29, 1.82) is 0 Å². The highest BCUT2D eigenvalue weighted by molar-refractivity contribution is 6.20. The number of hydrogen-bond donors (Lipinski definition) is 2. The van der Waals surface area contributed by atoms with Crippen molar-refractivity contribution < 1.29 is 24.5 Å². The van der Waals surface area contributed by atoms with E-state index >= 15 is 0 Å². The minimum atomic E-state index is -0.866. The van der Waals surface area contributed by atoms with Gasteiger partial charge in [0, 0.05) is 42.6 Å². The van der Waals surface area contributed by atoms with Crippen LogP contribution in [0.2, 0.25) is 0 Å². The molecule has 0 bridgehead atoms. The molecule has 1 aromatic carbocycles. The monoisotopic (exact) mass is 458 g/mol. The van der Waals surface area contributed by atoms with Crippen molar-refractivity contribution in [2.75, 3.05) is 26.8 Å². The van der Waals surface area contributed by atoms with Crippen molar-refractivity contribution in [3.63, 3.8) is 0 Å². The number of carbonyl (C=O) groups is 1. The van der Waals surface area contributed by atoms with E-state index in [1.165, 1.54) is 7.11 Å². The first-order chi connectivity index (χ1) is 15.1. The number of aliphatic hydroxyl groups is 1. The highest BCUT2D eigenvalue weighted by atomic mass is 35.5. The second kappa shape index (κ2) is 10.1. The quantitative estimate of drug-likeness (QED) is 0.459. The predicted octanol–water partition coefficient (Wildman–Crippen LogP) is 3.46. The molecule has 9 nitrogen and oxygen atoms in total. The van der Waals surface area contributed by atoms with Gasteiger partial charge in [0.25, 0.3) is 0 Å². The molecule has 2 N–H and O–H groups in total. The lowest BCUT2D eigenvalue weighted by Crippen LogP contribution is -2.36. The lowest BCUT2D eigenvalue weighted by atomic mass is 10.1. The van der Waals surface area contributed by atoms with E-state index in [4.69, 9.17) is 19.6 Å². The predicted molar refractivity (Wildman–Crippen MR) is 123 cm³/mol. The van der Waals surface area contributed by atoms with Crippen LogP contribution in [0.15, 0.2) is 52.7 Å². The van der Waals surface area contributed by atoms with Gasteiger partial charge in [-0.05, 0) is 30.7 Å². The molecule has 0 fully saturated rings. The van der Waals surface area contributed by atoms with Crippen LogP contribution in [0.25, 0.3) is 5.76 Å². The normalized spacial score (nSPS) is 14.5. The topological polar surface area (TPSA) is 117 Å². The Kier molecular flexibility index (Phi) is 7.32. The molecule has 3 heterocycles. The number of benzene rings is 1. The summed E-state index contributed by atoms with van der Waals surface area (Å²) in [5, 5.41) is 19.4. The molecule has 0 unspecified atom stereocenters. The van der Waals surface area contributed by atoms with Gasteiger partial charge in [-0.2, -0.15) is 0 Å². The van der Waals surface area contributed by atoms with E-state index in [9.17, 15) is 9.90 Å². The first-order valence-electron chi connectivity index (χ1n) is 9.86. The number of aliphatic imine (C=N–C) groups is 2. The van der Waals surface area contributed by atoms with Crippen molar-refractivity contribution in [1.82, 2.24) is 9.88 Å². The van der Waals surface area contributed by atoms with Gasteiger partial charge in [0.15, 0.2) is 11.5 Å². The standard InChI is InChI=1S/C22H22N4O5.ClH/c1-30-21-17(31-11-3-5-19(28)29)7-6-15-20(21)25-18(26-10-9-24-22(15)26)12-16(27)14-4-2-8-23-13-14;/h2,4,6-8,12-13,27H,3,5,9-11H2,1H3,(H,28,29);1H/b16-12-;. The summed E-state index contributed by atoms with van der Waals surface area (Å²) in [7, 11) is 1.53. The highest BCUT2D eigenvalue weighted by Crippen LogP contribution is 2.43. The van der Waals surface area contributed by atoms with Gasteiger partial charge < -0.3 is 24.6 Å². The summed E-state index contributed by atoms with van der Waals surface area (Å²) in [5.41, 5.74) is 1.95. The summed E-state index contributed by atoms with van der Waals surface area (Å²) in [4.78, 5) is 26.0. The molecule has 0 saturated carbocycles. The van der Waals surface area contributed by atoms with Crippen molar-refractivity contribution in [3.05, 3.63) is 53.9 Å². The average Bonchev–Trinajstić information content (AvgIpc) is 3.27. The van der Waals surface area contributed by atoms with E-state index in [1.54, 1.807) is 36.7 Å². The Hall–Kier alpha value is -3.59. The molecule has 0 radical (unpaired) electrons. The Balaban J connectivity index is 0.00000289. The van der Waals surface area contributed by atoms with Crippen LogP contribution in [0.5, 0.6) is 11.5 Å². The molecule has 0 saturated heterocycles. The summed E-state index contributed by atoms with van der Waals surface area (Å²) in [6, 6.07) is 7.16. The summed E-state index contributed by atoms with van der Waals surface area (Å²) >= 11 is 0. The number of ether oxygens (including phenoxy) is 2. The van der Waals surface area contributed by atoms with E-state index in [2.05, 4.69) is 9.98 Å². The van der Waals surface area contributed by atoms with Gasteiger partial charge in [-0.1, -0.05) is 0 Å². The molecule has 2 aliphatic rings. The van der Waals surface area contributed by atoms with Crippen LogP contribution in [0.3, 0.4) is 0 Å². The molecule has 0 aliphatic carbocycles. The summed E-state index contributed by atoms with van der Waals surface area (Å²) in [6.45, 7) is 1.51. The first kappa shape index (κ1) is 23.1. The number of carboxylic acids is 1. The summed E-state index contributed by atoms with van der Waals surface area (Å²) < 4.78 is 11.4. The van der Waals surface area contributed by atoms with Crippen LogP contribution in [-0.2, 0) is 4.79 Å². The molecule has 2 aliphatic heterocycles. The van der Waals surface area contributed by atoms with Gasteiger partial charge in [0.05, 0.1) is 20.3 Å². The molecule has 0 spiro atoms. The van der Waals surface area contributed by atoms with Crippen LogP contribution in [0, 0.1) is 0 Å². The maximum absolute atomic E-state index is 10.7. The third-order valence-corrected chi connectivity index (χ3v) is 4.90. The van der Waals surface area contributed by atoms with Crippen LogP contribution in [-0.4, -0.2) is 64.5 Å². The van der Waals surface area contributed by atoms with Crippen molar-refractivity contribution in [2.24, 2.45) is 9.98 Å². The number of aromatic nitrogens is 1. The zero-order chi connectivity index (χ0) is 21.8. The summed E-state index contributed by atoms with van der Waals surface area (Å²) in [6.07, 6.45) is 5.21. The molecule has 0 atom stereocenters. The van der Waals surface area contributed by atoms with E-state index in [-0.39, 0.29) is 31.2 Å². The molecule has 2 aromatic rings. The zero-order valence-electron chi connectivity index (χ0n) is 17.4. The molecule has 4 rings (SSSR count). The Morgan fingerprint density at radius 3 is 2.84 bits per heavy atom. The number of pyridine rings is 1. The fraction of sp³-hybridized carbons (Fsp3) is 0.273. The SMILES string of the molecule is COc1c(OCCCC(=O)O)ccc2c1N=C(/C=C(\O)c1cccnc1)N1CCN=C21.Cl. The number of rotatable bonds is 8. The Morgan fingerprint density at radius 2 is 2.12 bits per heavy atom. The number of hydrogen-bond acceptors (Lipinski definition) is 8. The average molecular weight is 459 g/mol. The maximum Gasteiger partial charge on any atom is 0.303 e. The minimum Gasteiger partial charge on any atom is -0.507 e. The highest BCUT2D eigenvalue weighted by Gasteiger charge is 2.31. The van der Waals surface area contributed by atoms with E-state index in [0.29, 0.717) is 48.1 Å². The van der Waals surface area contributed by atoms with Gasteiger partial charge in [0.2, 0.25) is 0 Å². The number of carboxylic acid groups (broad SMARTS) is 1. The lowest BCUT2D eigenvalue weighted by molar-refractivity contribution is -0.137. The van der Waals surface area contributed by atoms with Crippen molar-refractivity contribution in [2.45, 2.75) is 12.8 Å². The third-order valence-electron chi connectivity index (χ3n) is 4.90. The number of methoxy groups -OCH3 is 1. The van der Waals surface area contributed by atoms with Crippen molar-refractivity contribution >= 4 is 41.5 Å². The first-order valence-corrected chi connectivity index (χ1v) is 9.86. The number of amidine groups is 2. The van der Waals surface area contributed by atoms with Gasteiger partial charge >= 0.3 is 5.97 Å². The number of aliphatic carboxylic acids is 1. The maximum atomic E-state index is 10.7. The van der Waals surface area contributed by atoms with E-state index in [1.807, 2.05) is 11.0 Å². The van der Waals surface area contributed by atoms with Crippen LogP contribution in [0.4, 0.5) is 5.69 Å². The Morgan fingerprint density at radius 1 is 1.28 bits per heavy atom. The molecule has 168 valence electrons. The van der Waals surface area contributed by atoms with Crippen molar-refractivity contribution in [3.8, 4) is 11.5 Å². The molecular formula is C22H23ClN4O5. The van der Waals surface area contributed by atoms with Crippen LogP contribution in [0.1, 0.15) is 24.0 Å². The second-order valence-corrected chi connectivity index (χ2v) is 6.94. The third kappa shape index (κ3) is 4.67. The zero-order valence-corrected chi connectivity index (χ0v) is 18.2. The van der Waals surface area contributed by atoms with E-state index < -0.39 is 5.97 Å². The van der Waals surface area contributed by atoms with Gasteiger partial charge in [-0.15, -0.1) is 12.4 Å². The molecule has 10 heteroatoms. The molecular weight excluding hydrogens is 436 g/mol. The molecule has 32 heavy (non-hydrogen) atoms. The fourth-order valence-corrected chi connectivity index (χ4v) is 3.47. The van der Waals surface area contributed by atoms with Crippen LogP contribution < -0.4 is 9.47 Å². The lowest BCUT2D eigenvalue weighted by Gasteiger charge is -2.27. The number of aliphatic hydroxyl groups excluding tert-OH is 1. The Bertz CT molecular complexity index is 1090. The fourth-order valence-electron chi connectivity index (χ4n) is 3.47. The smallest absolute Gasteiger partial charge is 0.303 e. The molecule has 1 aromatic heterocycles. The van der Waals surface area contributed by atoms with Gasteiger partial charge in [0.1, 0.15) is 23.1 Å². The van der Waals surface area contributed by atoms with E-state index in [0.717, 1.165) is 11.4 Å². The van der Waals surface area contributed by atoms with Gasteiger partial charge in [-0.3, -0.25) is 14.8 Å². The number of nitrogens with zero attached hydrogens (tertiary/aromatic N) is 4. The van der Waals surface area contributed by atoms with Gasteiger partial charge in [-0.25, -0.2) is 4.99 Å². The number of halogens is 1. The second-order valence-electron chi connectivity index (χ2n) is 6.94. The minimum absolute atomic E-state index is 0. The Labute approximate surface area is 191 Å². The number of fused-ring (bicyclic) bond motifs is 3. The van der Waals surface area contributed by atoms with Crippen LogP contribution >= 0.6 is 12.4 Å².